The number of phenolic OH excluding ortho intramolecular Hbond substituents is 2. The molecule has 1 heterocycles. The van der Waals surface area contributed by atoms with Gasteiger partial charge in [0.15, 0.2) is 11.5 Å². The maximum atomic E-state index is 12.0. The van der Waals surface area contributed by atoms with Crippen LogP contribution in [0.4, 0.5) is 5.69 Å². The summed E-state index contributed by atoms with van der Waals surface area (Å²) < 4.78 is 0. The van der Waals surface area contributed by atoms with Crippen LogP contribution in [0.25, 0.3) is 0 Å². The van der Waals surface area contributed by atoms with Gasteiger partial charge in [-0.15, -0.1) is 0 Å². The molecule has 0 unspecified atom stereocenters. The van der Waals surface area contributed by atoms with Crippen molar-refractivity contribution in [3.05, 3.63) is 53.6 Å². The van der Waals surface area contributed by atoms with Crippen molar-refractivity contribution >= 4 is 11.6 Å². The Balaban J connectivity index is 1.96. The minimum Gasteiger partial charge on any atom is -0.504 e. The van der Waals surface area contributed by atoms with Crippen molar-refractivity contribution in [2.75, 3.05) is 5.32 Å². The van der Waals surface area contributed by atoms with Gasteiger partial charge in [-0.1, -0.05) is 18.2 Å². The van der Waals surface area contributed by atoms with Gasteiger partial charge in [0.25, 0.3) is 5.91 Å². The van der Waals surface area contributed by atoms with E-state index in [-0.39, 0.29) is 17.4 Å². The van der Waals surface area contributed by atoms with Crippen LogP contribution >= 0.6 is 0 Å². The molecule has 0 bridgehead atoms. The number of rotatable bonds is 1. The van der Waals surface area contributed by atoms with E-state index in [1.807, 2.05) is 12.1 Å². The van der Waals surface area contributed by atoms with Gasteiger partial charge < -0.3 is 20.8 Å². The summed E-state index contributed by atoms with van der Waals surface area (Å²) in [5, 5.41) is 24.8. The Bertz CT molecular complexity index is 655. The summed E-state index contributed by atoms with van der Waals surface area (Å²) in [5.41, 5.74) is 1.99. The molecule has 1 amide bonds. The molecule has 0 radical (unpaired) electrons. The number of hydrogen-bond donors (Lipinski definition) is 4. The van der Waals surface area contributed by atoms with Crippen LogP contribution in [0.5, 0.6) is 11.5 Å². The fourth-order valence-electron chi connectivity index (χ4n) is 2.09. The topological polar surface area (TPSA) is 81.6 Å². The first kappa shape index (κ1) is 11.4. The zero-order valence-corrected chi connectivity index (χ0v) is 9.92. The Morgan fingerprint density at radius 2 is 1.74 bits per heavy atom. The van der Waals surface area contributed by atoms with E-state index in [1.54, 1.807) is 18.2 Å². The van der Waals surface area contributed by atoms with Crippen molar-refractivity contribution in [1.82, 2.24) is 5.32 Å². The Morgan fingerprint density at radius 1 is 0.947 bits per heavy atom. The van der Waals surface area contributed by atoms with Crippen molar-refractivity contribution < 1.29 is 15.0 Å². The fourth-order valence-corrected chi connectivity index (χ4v) is 2.09. The van der Waals surface area contributed by atoms with Crippen LogP contribution in [-0.4, -0.2) is 16.1 Å². The summed E-state index contributed by atoms with van der Waals surface area (Å²) in [6.07, 6.45) is -0.436. The average molecular weight is 256 g/mol. The lowest BCUT2D eigenvalue weighted by molar-refractivity contribution is 0.0935. The molecule has 96 valence electrons. The van der Waals surface area contributed by atoms with Gasteiger partial charge in [-0.05, 0) is 29.8 Å². The maximum absolute atomic E-state index is 12.0. The molecule has 0 saturated heterocycles. The molecular weight excluding hydrogens is 244 g/mol. The van der Waals surface area contributed by atoms with E-state index < -0.39 is 6.17 Å². The molecule has 3 rings (SSSR count). The predicted octanol–water partition coefficient (Wildman–Crippen LogP) is 1.95. The molecule has 1 aliphatic rings. The van der Waals surface area contributed by atoms with E-state index in [4.69, 9.17) is 0 Å². The lowest BCUT2D eigenvalue weighted by Crippen LogP contribution is -2.38. The van der Waals surface area contributed by atoms with Crippen LogP contribution in [0.1, 0.15) is 22.1 Å². The number of hydrogen-bond acceptors (Lipinski definition) is 4. The number of carbonyl (C=O) groups excluding carboxylic acids is 1. The molecule has 5 nitrogen and oxygen atoms in total. The van der Waals surface area contributed by atoms with Crippen molar-refractivity contribution in [3.63, 3.8) is 0 Å². The third-order valence-electron chi connectivity index (χ3n) is 3.08. The lowest BCUT2D eigenvalue weighted by atomic mass is 10.1. The van der Waals surface area contributed by atoms with Crippen LogP contribution in [0.15, 0.2) is 42.5 Å². The molecule has 2 aromatic rings. The zero-order valence-electron chi connectivity index (χ0n) is 9.92. The summed E-state index contributed by atoms with van der Waals surface area (Å²) in [5.74, 6) is -0.578. The number of fused-ring (bicyclic) bond motifs is 1. The average Bonchev–Trinajstić information content (AvgIpc) is 2.42. The highest BCUT2D eigenvalue weighted by Gasteiger charge is 2.24. The van der Waals surface area contributed by atoms with Crippen molar-refractivity contribution in [2.45, 2.75) is 6.17 Å². The third kappa shape index (κ3) is 1.95. The second kappa shape index (κ2) is 4.20. The molecule has 5 heteroatoms. The number of nitrogens with one attached hydrogen (secondary N) is 2. The minimum atomic E-state index is -0.436. The first-order valence-corrected chi connectivity index (χ1v) is 5.83. The first-order chi connectivity index (χ1) is 9.15. The Hall–Kier alpha value is -2.69. The van der Waals surface area contributed by atoms with Gasteiger partial charge in [0.2, 0.25) is 0 Å². The lowest BCUT2D eigenvalue weighted by Gasteiger charge is -2.28. The van der Waals surface area contributed by atoms with E-state index >= 15 is 0 Å². The highest BCUT2D eigenvalue weighted by molar-refractivity contribution is 6.01. The molecule has 0 aromatic heterocycles. The van der Waals surface area contributed by atoms with Crippen molar-refractivity contribution in [2.24, 2.45) is 0 Å². The van der Waals surface area contributed by atoms with Crippen LogP contribution in [0, 0.1) is 0 Å². The van der Waals surface area contributed by atoms with Crippen molar-refractivity contribution in [3.8, 4) is 11.5 Å². The molecule has 0 spiro atoms. The maximum Gasteiger partial charge on any atom is 0.255 e. The van der Waals surface area contributed by atoms with Gasteiger partial charge in [-0.2, -0.15) is 0 Å². The third-order valence-corrected chi connectivity index (χ3v) is 3.08. The summed E-state index contributed by atoms with van der Waals surface area (Å²) in [7, 11) is 0. The van der Waals surface area contributed by atoms with Crippen LogP contribution < -0.4 is 10.6 Å². The van der Waals surface area contributed by atoms with E-state index in [0.29, 0.717) is 11.1 Å². The van der Waals surface area contributed by atoms with Crippen LogP contribution in [0.2, 0.25) is 0 Å². The number of aromatic hydroxyl groups is 2. The molecule has 4 N–H and O–H groups in total. The van der Waals surface area contributed by atoms with E-state index in [0.717, 1.165) is 5.69 Å². The SMILES string of the molecule is O=C1N[C@H](c2ccc(O)c(O)c2)Nc2ccccc21. The molecule has 0 saturated carbocycles. The monoisotopic (exact) mass is 256 g/mol. The fraction of sp³-hybridized carbons (Fsp3) is 0.0714. The van der Waals surface area contributed by atoms with Gasteiger partial charge in [-0.25, -0.2) is 0 Å². The second-order valence-corrected chi connectivity index (χ2v) is 4.34. The summed E-state index contributed by atoms with van der Waals surface area (Å²) >= 11 is 0. The predicted molar refractivity (Wildman–Crippen MR) is 70.0 cm³/mol. The van der Waals surface area contributed by atoms with Crippen molar-refractivity contribution in [1.29, 1.82) is 0 Å². The van der Waals surface area contributed by atoms with Gasteiger partial charge in [0.1, 0.15) is 6.17 Å². The Kier molecular flexibility index (Phi) is 2.52. The largest absolute Gasteiger partial charge is 0.504 e. The van der Waals surface area contributed by atoms with E-state index in [2.05, 4.69) is 10.6 Å². The zero-order chi connectivity index (χ0) is 13.4. The van der Waals surface area contributed by atoms with Gasteiger partial charge in [-0.3, -0.25) is 4.79 Å². The molecule has 2 aromatic carbocycles. The molecular formula is C14H12N2O3. The van der Waals surface area contributed by atoms with Crippen LogP contribution in [0.3, 0.4) is 0 Å². The first-order valence-electron chi connectivity index (χ1n) is 5.83. The quantitative estimate of drug-likeness (QED) is 0.588. The molecule has 0 fully saturated rings. The Labute approximate surface area is 109 Å². The number of phenols is 2. The standard InChI is InChI=1S/C14H12N2O3/c17-11-6-5-8(7-12(11)18)13-15-10-4-2-1-3-9(10)14(19)16-13/h1-7,13,15,17-18H,(H,16,19)/t13-/m1/s1. The minimum absolute atomic E-state index is 0.174. The van der Waals surface area contributed by atoms with Gasteiger partial charge in [0.05, 0.1) is 5.56 Å². The molecule has 19 heavy (non-hydrogen) atoms. The smallest absolute Gasteiger partial charge is 0.255 e. The normalized spacial score (nSPS) is 17.3. The molecule has 0 aliphatic carbocycles. The number of benzene rings is 2. The summed E-state index contributed by atoms with van der Waals surface area (Å²) in [6, 6.07) is 11.6. The highest BCUT2D eigenvalue weighted by Crippen LogP contribution is 2.31. The van der Waals surface area contributed by atoms with E-state index in [9.17, 15) is 15.0 Å². The molecule has 1 aliphatic heterocycles. The Morgan fingerprint density at radius 3 is 2.53 bits per heavy atom. The van der Waals surface area contributed by atoms with E-state index in [1.165, 1.54) is 12.1 Å². The second-order valence-electron chi connectivity index (χ2n) is 4.34. The van der Waals surface area contributed by atoms with Gasteiger partial charge in [0, 0.05) is 5.69 Å². The summed E-state index contributed by atoms with van der Waals surface area (Å²) in [6.45, 7) is 0. The number of anilines is 1. The number of carbonyl (C=O) groups is 1. The summed E-state index contributed by atoms with van der Waals surface area (Å²) in [4.78, 5) is 12.0. The number of para-hydroxylation sites is 1. The molecule has 1 atom stereocenters. The van der Waals surface area contributed by atoms with Gasteiger partial charge >= 0.3 is 0 Å². The highest BCUT2D eigenvalue weighted by atomic mass is 16.3. The van der Waals surface area contributed by atoms with Crippen LogP contribution in [-0.2, 0) is 0 Å². The number of amides is 1.